The van der Waals surface area contributed by atoms with Crippen molar-refractivity contribution in [2.75, 3.05) is 7.11 Å². The maximum atomic E-state index is 5.88. The summed E-state index contributed by atoms with van der Waals surface area (Å²) >= 11 is 5.88. The summed E-state index contributed by atoms with van der Waals surface area (Å²) in [5.41, 5.74) is 0.846. The van der Waals surface area contributed by atoms with E-state index in [1.165, 1.54) is 0 Å². The normalized spacial score (nSPS) is 10.5. The van der Waals surface area contributed by atoms with Crippen LogP contribution in [0.4, 0.5) is 0 Å². The van der Waals surface area contributed by atoms with Crippen molar-refractivity contribution in [2.24, 2.45) is 0 Å². The highest BCUT2D eigenvalue weighted by molar-refractivity contribution is 6.31. The average molecular weight is 209 g/mol. The van der Waals surface area contributed by atoms with Crippen LogP contribution in [0.15, 0.2) is 18.2 Å². The molecule has 1 aromatic heterocycles. The first-order valence-electron chi connectivity index (χ1n) is 4.18. The Balaban J connectivity index is 2.81. The van der Waals surface area contributed by atoms with Crippen LogP contribution in [-0.4, -0.2) is 17.1 Å². The summed E-state index contributed by atoms with van der Waals surface area (Å²) in [5.74, 6) is 1.26. The van der Waals surface area contributed by atoms with Crippen LogP contribution in [0.3, 0.4) is 0 Å². The molecule has 1 heterocycles. The molecule has 14 heavy (non-hydrogen) atoms. The standard InChI is InChI=1S/C10H9ClN2O/c1-6-12-9-4-3-7(11)5-8(9)10(13-6)14-2/h3-5H,1-2H3. The third-order valence-corrected chi connectivity index (χ3v) is 2.16. The Labute approximate surface area is 86.7 Å². The molecule has 0 radical (unpaired) electrons. The zero-order valence-electron chi connectivity index (χ0n) is 7.91. The number of aryl methyl sites for hydroxylation is 1. The molecule has 0 fully saturated rings. The van der Waals surface area contributed by atoms with E-state index >= 15 is 0 Å². The summed E-state index contributed by atoms with van der Waals surface area (Å²) in [5, 5.41) is 1.49. The minimum Gasteiger partial charge on any atom is -0.480 e. The van der Waals surface area contributed by atoms with E-state index in [4.69, 9.17) is 16.3 Å². The highest BCUT2D eigenvalue weighted by atomic mass is 35.5. The SMILES string of the molecule is COc1nc(C)nc2ccc(Cl)cc12. The highest BCUT2D eigenvalue weighted by Crippen LogP contribution is 2.24. The van der Waals surface area contributed by atoms with Gasteiger partial charge in [0.05, 0.1) is 18.0 Å². The van der Waals surface area contributed by atoms with E-state index in [2.05, 4.69) is 9.97 Å². The van der Waals surface area contributed by atoms with E-state index in [1.54, 1.807) is 19.2 Å². The quantitative estimate of drug-likeness (QED) is 0.723. The van der Waals surface area contributed by atoms with Gasteiger partial charge in [0.25, 0.3) is 0 Å². The fraction of sp³-hybridized carbons (Fsp3) is 0.200. The van der Waals surface area contributed by atoms with E-state index in [-0.39, 0.29) is 0 Å². The molecule has 4 heteroatoms. The molecule has 0 atom stereocenters. The van der Waals surface area contributed by atoms with Crippen LogP contribution in [0.5, 0.6) is 5.88 Å². The summed E-state index contributed by atoms with van der Waals surface area (Å²) in [6, 6.07) is 5.46. The number of rotatable bonds is 1. The number of aromatic nitrogens is 2. The molecule has 0 N–H and O–H groups in total. The number of benzene rings is 1. The van der Waals surface area contributed by atoms with Gasteiger partial charge < -0.3 is 4.74 Å². The molecule has 72 valence electrons. The molecule has 0 spiro atoms. The van der Waals surface area contributed by atoms with Crippen molar-refractivity contribution < 1.29 is 4.74 Å². The molecule has 0 saturated carbocycles. The number of halogens is 1. The third kappa shape index (κ3) is 1.51. The molecule has 1 aromatic carbocycles. The van der Waals surface area contributed by atoms with E-state index in [0.29, 0.717) is 16.7 Å². The van der Waals surface area contributed by atoms with Gasteiger partial charge in [0.1, 0.15) is 5.82 Å². The molecule has 2 rings (SSSR count). The van der Waals surface area contributed by atoms with Crippen LogP contribution < -0.4 is 4.74 Å². The summed E-state index contributed by atoms with van der Waals surface area (Å²) in [6.07, 6.45) is 0. The molecule has 0 aliphatic carbocycles. The van der Waals surface area contributed by atoms with Gasteiger partial charge in [0.2, 0.25) is 5.88 Å². The molecule has 0 aliphatic heterocycles. The second-order valence-corrected chi connectivity index (χ2v) is 3.38. The van der Waals surface area contributed by atoms with Gasteiger partial charge >= 0.3 is 0 Å². The van der Waals surface area contributed by atoms with Gasteiger partial charge in [-0.15, -0.1) is 0 Å². The number of methoxy groups -OCH3 is 1. The minimum absolute atomic E-state index is 0.565. The number of hydrogen-bond donors (Lipinski definition) is 0. The van der Waals surface area contributed by atoms with Crippen LogP contribution in [0.25, 0.3) is 10.9 Å². The van der Waals surface area contributed by atoms with E-state index < -0.39 is 0 Å². The lowest BCUT2D eigenvalue weighted by atomic mass is 10.2. The van der Waals surface area contributed by atoms with Crippen molar-refractivity contribution in [3.05, 3.63) is 29.0 Å². The Kier molecular flexibility index (Phi) is 2.25. The Bertz CT molecular complexity index is 485. The molecule has 2 aromatic rings. The van der Waals surface area contributed by atoms with Gasteiger partial charge in [-0.05, 0) is 25.1 Å². The number of ether oxygens (including phenoxy) is 1. The van der Waals surface area contributed by atoms with Gasteiger partial charge in [-0.2, -0.15) is 4.98 Å². The van der Waals surface area contributed by atoms with E-state index in [0.717, 1.165) is 10.9 Å². The highest BCUT2D eigenvalue weighted by Gasteiger charge is 2.05. The summed E-state index contributed by atoms with van der Waals surface area (Å²) in [7, 11) is 1.59. The second kappa shape index (κ2) is 3.42. The molecule has 0 saturated heterocycles. The molecular formula is C10H9ClN2O. The molecular weight excluding hydrogens is 200 g/mol. The monoisotopic (exact) mass is 208 g/mol. The number of fused-ring (bicyclic) bond motifs is 1. The van der Waals surface area contributed by atoms with Crippen molar-refractivity contribution >= 4 is 22.5 Å². The smallest absolute Gasteiger partial charge is 0.224 e. The van der Waals surface area contributed by atoms with Crippen LogP contribution in [-0.2, 0) is 0 Å². The maximum Gasteiger partial charge on any atom is 0.224 e. The van der Waals surface area contributed by atoms with Crippen molar-refractivity contribution in [3.8, 4) is 5.88 Å². The van der Waals surface area contributed by atoms with E-state index in [9.17, 15) is 0 Å². The van der Waals surface area contributed by atoms with Crippen LogP contribution in [0, 0.1) is 6.92 Å². The molecule has 0 amide bonds. The largest absolute Gasteiger partial charge is 0.480 e. The second-order valence-electron chi connectivity index (χ2n) is 2.94. The van der Waals surface area contributed by atoms with E-state index in [1.807, 2.05) is 13.0 Å². The Morgan fingerprint density at radius 2 is 2.07 bits per heavy atom. The molecule has 0 aliphatic rings. The summed E-state index contributed by atoms with van der Waals surface area (Å²) in [4.78, 5) is 8.44. The molecule has 3 nitrogen and oxygen atoms in total. The van der Waals surface area contributed by atoms with Crippen molar-refractivity contribution in [1.82, 2.24) is 9.97 Å². The lowest BCUT2D eigenvalue weighted by Gasteiger charge is -2.04. The maximum absolute atomic E-state index is 5.88. The predicted octanol–water partition coefficient (Wildman–Crippen LogP) is 2.60. The van der Waals surface area contributed by atoms with Crippen molar-refractivity contribution in [2.45, 2.75) is 6.92 Å². The van der Waals surface area contributed by atoms with Crippen molar-refractivity contribution in [3.63, 3.8) is 0 Å². The van der Waals surface area contributed by atoms with Crippen LogP contribution in [0.1, 0.15) is 5.82 Å². The summed E-state index contributed by atoms with van der Waals surface area (Å²) < 4.78 is 5.15. The van der Waals surface area contributed by atoms with Crippen LogP contribution in [0.2, 0.25) is 5.02 Å². The Hall–Kier alpha value is -1.35. The Morgan fingerprint density at radius 3 is 2.79 bits per heavy atom. The number of hydrogen-bond acceptors (Lipinski definition) is 3. The molecule has 0 unspecified atom stereocenters. The minimum atomic E-state index is 0.565. The molecule has 0 bridgehead atoms. The van der Waals surface area contributed by atoms with Gasteiger partial charge in [-0.25, -0.2) is 4.98 Å². The van der Waals surface area contributed by atoms with Gasteiger partial charge in [0.15, 0.2) is 0 Å². The first-order chi connectivity index (χ1) is 6.70. The zero-order chi connectivity index (χ0) is 10.1. The predicted molar refractivity (Wildman–Crippen MR) is 55.8 cm³/mol. The fourth-order valence-electron chi connectivity index (χ4n) is 1.34. The van der Waals surface area contributed by atoms with Crippen molar-refractivity contribution in [1.29, 1.82) is 0 Å². The average Bonchev–Trinajstić information content (AvgIpc) is 2.17. The fourth-order valence-corrected chi connectivity index (χ4v) is 1.51. The topological polar surface area (TPSA) is 35.0 Å². The van der Waals surface area contributed by atoms with Gasteiger partial charge in [-0.1, -0.05) is 11.6 Å². The lowest BCUT2D eigenvalue weighted by Crippen LogP contribution is -1.94. The third-order valence-electron chi connectivity index (χ3n) is 1.93. The summed E-state index contributed by atoms with van der Waals surface area (Å²) in [6.45, 7) is 1.83. The van der Waals surface area contributed by atoms with Gasteiger partial charge in [-0.3, -0.25) is 0 Å². The lowest BCUT2D eigenvalue weighted by molar-refractivity contribution is 0.401. The first-order valence-corrected chi connectivity index (χ1v) is 4.56. The number of nitrogens with zero attached hydrogens (tertiary/aromatic N) is 2. The Morgan fingerprint density at radius 1 is 1.29 bits per heavy atom. The zero-order valence-corrected chi connectivity index (χ0v) is 8.67. The van der Waals surface area contributed by atoms with Gasteiger partial charge in [0, 0.05) is 5.02 Å². The first kappa shape index (κ1) is 9.21. The van der Waals surface area contributed by atoms with Crippen LogP contribution >= 0.6 is 11.6 Å².